The van der Waals surface area contributed by atoms with Crippen molar-refractivity contribution in [2.75, 3.05) is 47.1 Å². The quantitative estimate of drug-likeness (QED) is 0.0320. The lowest BCUT2D eigenvalue weighted by Crippen LogP contribution is -2.66. The van der Waals surface area contributed by atoms with Crippen LogP contribution in [0.3, 0.4) is 0 Å². The minimum atomic E-state index is -4.29. The van der Waals surface area contributed by atoms with Crippen LogP contribution in [0, 0.1) is 5.92 Å². The Bertz CT molecular complexity index is 1190. The molecule has 21 heteroatoms. The molecule has 2 saturated heterocycles. The monoisotopic (exact) mass is 753 g/mol. The highest BCUT2D eigenvalue weighted by Crippen LogP contribution is 2.48. The van der Waals surface area contributed by atoms with Crippen LogP contribution in [-0.4, -0.2) is 138 Å². The van der Waals surface area contributed by atoms with E-state index in [-0.39, 0.29) is 25.7 Å². The Morgan fingerprint density at radius 3 is 2.06 bits per heavy atom. The van der Waals surface area contributed by atoms with Crippen molar-refractivity contribution in [1.82, 2.24) is 16.0 Å². The third-order valence-electron chi connectivity index (χ3n) is 7.57. The fraction of sp³-hybridized carbons (Fsp3) is 0.828. The van der Waals surface area contributed by atoms with Crippen LogP contribution in [0.15, 0.2) is 0 Å². The first-order chi connectivity index (χ1) is 23.6. The van der Waals surface area contributed by atoms with E-state index in [9.17, 15) is 28.6 Å². The van der Waals surface area contributed by atoms with Gasteiger partial charge in [0.05, 0.1) is 6.61 Å². The van der Waals surface area contributed by atoms with Crippen LogP contribution in [-0.2, 0) is 65.9 Å². The number of ether oxygens (including phenoxy) is 7. The lowest BCUT2D eigenvalue weighted by atomic mass is 9.82. The van der Waals surface area contributed by atoms with Gasteiger partial charge in [-0.1, -0.05) is 0 Å². The molecule has 0 aromatic carbocycles. The number of phosphoric acid groups is 1. The summed E-state index contributed by atoms with van der Waals surface area (Å²) in [5, 5.41) is 9.26. The molecule has 1 amide bonds. The lowest BCUT2D eigenvalue weighted by Gasteiger charge is -2.44. The predicted molar refractivity (Wildman–Crippen MR) is 179 cm³/mol. The minimum Gasteiger partial charge on any atom is -0.463 e. The molecule has 0 aliphatic carbocycles. The Labute approximate surface area is 298 Å². The number of amides is 1. The zero-order valence-electron chi connectivity index (χ0n) is 29.2. The zero-order chi connectivity index (χ0) is 37.4. The molecular weight excluding hydrogens is 704 g/mol. The van der Waals surface area contributed by atoms with Gasteiger partial charge in [-0.25, -0.2) is 4.57 Å². The summed E-state index contributed by atoms with van der Waals surface area (Å²) in [6.45, 7) is 5.72. The number of thiocarbonyl (C=S) groups is 1. The van der Waals surface area contributed by atoms with E-state index in [0.717, 1.165) is 14.0 Å². The summed E-state index contributed by atoms with van der Waals surface area (Å²) in [6.07, 6.45) is -3.78. The van der Waals surface area contributed by atoms with Crippen molar-refractivity contribution in [2.45, 2.75) is 102 Å². The van der Waals surface area contributed by atoms with Crippen molar-refractivity contribution in [3.8, 4) is 0 Å². The second-order valence-electron chi connectivity index (χ2n) is 11.6. The molecule has 2 rings (SSSR count). The van der Waals surface area contributed by atoms with E-state index in [2.05, 4.69) is 20.5 Å². The Hall–Kier alpha value is -2.42. The predicted octanol–water partition coefficient (Wildman–Crippen LogP) is -0.0284. The van der Waals surface area contributed by atoms with Gasteiger partial charge < -0.3 is 54.0 Å². The average Bonchev–Trinajstić information content (AvgIpc) is 3.30. The van der Waals surface area contributed by atoms with Crippen molar-refractivity contribution in [3.63, 3.8) is 0 Å². The first kappa shape index (κ1) is 43.7. The first-order valence-corrected chi connectivity index (χ1v) is 18.0. The van der Waals surface area contributed by atoms with Gasteiger partial charge in [0.25, 0.3) is 0 Å². The number of methoxy groups -OCH3 is 1. The molecule has 0 bridgehead atoms. The van der Waals surface area contributed by atoms with Crippen LogP contribution < -0.4 is 16.0 Å². The van der Waals surface area contributed by atoms with Gasteiger partial charge >= 0.3 is 25.7 Å². The maximum absolute atomic E-state index is 12.1. The molecule has 2 radical (unpaired) electrons. The van der Waals surface area contributed by atoms with Crippen molar-refractivity contribution in [2.24, 2.45) is 5.92 Å². The number of carbonyl (C=O) groups excluding carboxylic acids is 4. The smallest absolute Gasteiger partial charge is 0.463 e. The zero-order valence-corrected chi connectivity index (χ0v) is 30.9. The van der Waals surface area contributed by atoms with E-state index in [1.807, 2.05) is 0 Å². The normalized spacial score (nSPS) is 28.9. The number of rotatable bonds is 20. The minimum absolute atomic E-state index is 0.126. The first-order valence-electron chi connectivity index (χ1n) is 16.1. The van der Waals surface area contributed by atoms with Gasteiger partial charge in [0.15, 0.2) is 23.6 Å². The van der Waals surface area contributed by atoms with Crippen molar-refractivity contribution >= 4 is 56.8 Å². The number of phosphoric ester groups is 1. The summed E-state index contributed by atoms with van der Waals surface area (Å²) in [5.41, 5.74) is 0. The third-order valence-corrected chi connectivity index (χ3v) is 8.83. The van der Waals surface area contributed by atoms with Crippen LogP contribution in [0.4, 0.5) is 0 Å². The van der Waals surface area contributed by atoms with Crippen molar-refractivity contribution in [3.05, 3.63) is 0 Å². The summed E-state index contributed by atoms with van der Waals surface area (Å²) < 4.78 is 60.7. The molecule has 2 fully saturated rings. The Kier molecular flexibility index (Phi) is 19.1. The number of nitrogens with one attached hydrogen (secondary N) is 3. The molecular formula is C29H49BN3O15PS. The second kappa shape index (κ2) is 21.8. The molecule has 0 aromatic heterocycles. The summed E-state index contributed by atoms with van der Waals surface area (Å²) >= 11 is 5.37. The molecule has 4 N–H and O–H groups in total. The van der Waals surface area contributed by atoms with Crippen LogP contribution in [0.1, 0.15) is 53.4 Å². The molecule has 0 aromatic rings. The molecule has 18 nitrogen and oxygen atoms in total. The summed E-state index contributed by atoms with van der Waals surface area (Å²) in [6, 6.07) is -1.77. The Morgan fingerprint density at radius 2 is 1.48 bits per heavy atom. The third kappa shape index (κ3) is 15.1. The molecule has 0 saturated carbocycles. The maximum Gasteiger partial charge on any atom is 0.472 e. The van der Waals surface area contributed by atoms with E-state index < -0.39 is 80.5 Å². The summed E-state index contributed by atoms with van der Waals surface area (Å²) in [4.78, 5) is 57.3. The second-order valence-corrected chi connectivity index (χ2v) is 13.5. The van der Waals surface area contributed by atoms with Crippen LogP contribution in [0.2, 0.25) is 0 Å². The van der Waals surface area contributed by atoms with Crippen molar-refractivity contribution < 1.29 is 70.8 Å². The average molecular weight is 754 g/mol. The SMILES string of the molecule is [B][C@@H]1O[C@H](COC)[C@H](OP(=O)(O)OC)C1CCCNC(=S)NCCCCO[C@@H]1O[C@H](COC(C)=O)[C@H](OC(C)=O)[C@H](OC(C)=O)[C@H]1NC(C)=O. The highest BCUT2D eigenvalue weighted by atomic mass is 32.1. The molecule has 2 aliphatic heterocycles. The number of carbonyl (C=O) groups is 4. The van der Waals surface area contributed by atoms with E-state index >= 15 is 0 Å². The maximum atomic E-state index is 12.1. The summed E-state index contributed by atoms with van der Waals surface area (Å²) in [7, 11) is 4.40. The van der Waals surface area contributed by atoms with Crippen LogP contribution in [0.5, 0.6) is 0 Å². The van der Waals surface area contributed by atoms with Gasteiger partial charge in [-0.3, -0.25) is 28.2 Å². The van der Waals surface area contributed by atoms with Gasteiger partial charge in [-0.05, 0) is 37.9 Å². The molecule has 0 spiro atoms. The number of unbranched alkanes of at least 4 members (excludes halogenated alkanes) is 1. The van der Waals surface area contributed by atoms with Gasteiger partial charge in [-0.2, -0.15) is 0 Å². The van der Waals surface area contributed by atoms with Crippen LogP contribution in [0.25, 0.3) is 0 Å². The molecule has 10 atom stereocenters. The fourth-order valence-electron chi connectivity index (χ4n) is 5.48. The van der Waals surface area contributed by atoms with Crippen LogP contribution >= 0.6 is 20.0 Å². The van der Waals surface area contributed by atoms with Gasteiger partial charge in [-0.15, -0.1) is 0 Å². The van der Waals surface area contributed by atoms with Gasteiger partial charge in [0, 0.05) is 73.5 Å². The lowest BCUT2D eigenvalue weighted by molar-refractivity contribution is -0.277. The van der Waals surface area contributed by atoms with Gasteiger partial charge in [0.1, 0.15) is 38.8 Å². The molecule has 2 aliphatic rings. The Balaban J connectivity index is 1.85. The molecule has 2 heterocycles. The topological polar surface area (TPSA) is 225 Å². The highest BCUT2D eigenvalue weighted by molar-refractivity contribution is 7.80. The fourth-order valence-corrected chi connectivity index (χ4v) is 6.37. The standard InChI is InChI=1S/C29H49BN3O15PS/c1-16(34)33-23-26(45-19(4)37)25(44-18(3)36)22(15-43-17(2)35)47-28(23)42-13-8-7-11-31-29(50)32-12-9-10-20-24(48-49(38,39)41-6)21(14-40-5)46-27(20)30/h20-28H,7-15H2,1-6H3,(H,33,34)(H,38,39)(H2,31,32,50)/t20?,21-,22-,23-,24-,25+,26-,27-,28-/m1/s1. The van der Waals surface area contributed by atoms with E-state index in [1.54, 1.807) is 0 Å². The van der Waals surface area contributed by atoms with Crippen molar-refractivity contribution in [1.29, 1.82) is 0 Å². The number of hydrogen-bond acceptors (Lipinski definition) is 15. The van der Waals surface area contributed by atoms with Gasteiger partial charge in [0.2, 0.25) is 5.91 Å². The number of hydrogen-bond donors (Lipinski definition) is 4. The Morgan fingerprint density at radius 1 is 0.860 bits per heavy atom. The van der Waals surface area contributed by atoms with E-state index in [1.165, 1.54) is 27.9 Å². The number of esters is 3. The molecule has 284 valence electrons. The highest BCUT2D eigenvalue weighted by Gasteiger charge is 2.51. The van der Waals surface area contributed by atoms with E-state index in [4.69, 9.17) is 57.7 Å². The molecule has 50 heavy (non-hydrogen) atoms. The largest absolute Gasteiger partial charge is 0.472 e. The van der Waals surface area contributed by atoms with E-state index in [0.29, 0.717) is 43.9 Å². The molecule has 2 unspecified atom stereocenters. The summed E-state index contributed by atoms with van der Waals surface area (Å²) in [5.74, 6) is -2.86.